The van der Waals surface area contributed by atoms with Gasteiger partial charge in [0.2, 0.25) is 0 Å². The summed E-state index contributed by atoms with van der Waals surface area (Å²) in [7, 11) is 0. The van der Waals surface area contributed by atoms with E-state index in [2.05, 4.69) is 44.3 Å². The van der Waals surface area contributed by atoms with Gasteiger partial charge in [-0.25, -0.2) is 4.98 Å². The summed E-state index contributed by atoms with van der Waals surface area (Å²) < 4.78 is 0. The summed E-state index contributed by atoms with van der Waals surface area (Å²) in [6, 6.07) is 10.5. The lowest BCUT2D eigenvalue weighted by Crippen LogP contribution is -2.34. The number of aryl methyl sites for hydroxylation is 1. The van der Waals surface area contributed by atoms with Crippen LogP contribution in [0, 0.1) is 6.92 Å². The maximum atomic E-state index is 4.75. The molecule has 3 aromatic heterocycles. The molecule has 1 unspecified atom stereocenters. The van der Waals surface area contributed by atoms with Crippen LogP contribution in [0.4, 0.5) is 0 Å². The molecule has 4 rings (SSSR count). The van der Waals surface area contributed by atoms with E-state index in [1.807, 2.05) is 19.2 Å². The van der Waals surface area contributed by atoms with E-state index in [-0.39, 0.29) is 0 Å². The molecule has 0 saturated carbocycles. The van der Waals surface area contributed by atoms with Crippen molar-refractivity contribution in [2.24, 2.45) is 0 Å². The van der Waals surface area contributed by atoms with E-state index in [0.717, 1.165) is 42.1 Å². The van der Waals surface area contributed by atoms with Crippen LogP contribution in [0.1, 0.15) is 35.8 Å². The number of rotatable bonds is 3. The molecule has 1 atom stereocenters. The molecular formula is C18H21N5. The third-order valence-electron chi connectivity index (χ3n) is 4.58. The topological polar surface area (TPSA) is 57.7 Å². The summed E-state index contributed by atoms with van der Waals surface area (Å²) in [6.45, 7) is 5.15. The molecule has 3 aromatic rings. The first-order valence-electron chi connectivity index (χ1n) is 8.23. The molecular weight excluding hydrogens is 286 g/mol. The second-order valence-corrected chi connectivity index (χ2v) is 6.39. The highest BCUT2D eigenvalue weighted by atomic mass is 15.2. The highest BCUT2D eigenvalue weighted by Gasteiger charge is 2.23. The Kier molecular flexibility index (Phi) is 3.79. The number of H-pyrrole nitrogens is 1. The number of aromatic amines is 1. The molecule has 0 aromatic carbocycles. The van der Waals surface area contributed by atoms with E-state index in [4.69, 9.17) is 4.98 Å². The Labute approximate surface area is 135 Å². The van der Waals surface area contributed by atoms with Gasteiger partial charge in [0.05, 0.1) is 11.9 Å². The smallest absolute Gasteiger partial charge is 0.155 e. The number of hydrogen-bond donors (Lipinski definition) is 1. The summed E-state index contributed by atoms with van der Waals surface area (Å²) in [6.07, 6.45) is 4.23. The Hall–Kier alpha value is -2.27. The fourth-order valence-corrected chi connectivity index (χ4v) is 3.43. The Morgan fingerprint density at radius 3 is 3.09 bits per heavy atom. The van der Waals surface area contributed by atoms with Crippen LogP contribution in [-0.2, 0) is 6.54 Å². The van der Waals surface area contributed by atoms with Crippen LogP contribution in [0.15, 0.2) is 36.5 Å². The zero-order chi connectivity index (χ0) is 15.6. The molecule has 1 aliphatic heterocycles. The Morgan fingerprint density at radius 1 is 1.22 bits per heavy atom. The van der Waals surface area contributed by atoms with Gasteiger partial charge >= 0.3 is 0 Å². The van der Waals surface area contributed by atoms with Gasteiger partial charge in [0.15, 0.2) is 5.65 Å². The van der Waals surface area contributed by atoms with Crippen LogP contribution < -0.4 is 0 Å². The van der Waals surface area contributed by atoms with Crippen LogP contribution in [0.5, 0.6) is 0 Å². The van der Waals surface area contributed by atoms with Crippen molar-refractivity contribution in [2.75, 3.05) is 13.1 Å². The van der Waals surface area contributed by atoms with Crippen LogP contribution in [0.2, 0.25) is 0 Å². The Bertz CT molecular complexity index is 810. The van der Waals surface area contributed by atoms with Gasteiger partial charge in [0, 0.05) is 35.8 Å². The van der Waals surface area contributed by atoms with E-state index in [1.165, 1.54) is 18.5 Å². The lowest BCUT2D eigenvalue weighted by atomic mass is 9.94. The van der Waals surface area contributed by atoms with Gasteiger partial charge in [0.25, 0.3) is 0 Å². The molecule has 118 valence electrons. The Balaban J connectivity index is 1.50. The highest BCUT2D eigenvalue weighted by molar-refractivity contribution is 5.73. The van der Waals surface area contributed by atoms with Crippen LogP contribution >= 0.6 is 0 Å². The van der Waals surface area contributed by atoms with Gasteiger partial charge in [-0.05, 0) is 50.6 Å². The third kappa shape index (κ3) is 3.10. The Morgan fingerprint density at radius 2 is 2.17 bits per heavy atom. The fourth-order valence-electron chi connectivity index (χ4n) is 3.43. The second-order valence-electron chi connectivity index (χ2n) is 6.39. The first kappa shape index (κ1) is 14.3. The second kappa shape index (κ2) is 6.08. The predicted molar refractivity (Wildman–Crippen MR) is 90.1 cm³/mol. The minimum atomic E-state index is 0.487. The maximum Gasteiger partial charge on any atom is 0.155 e. The minimum Gasteiger partial charge on any atom is -0.297 e. The number of hydrogen-bond acceptors (Lipinski definition) is 4. The highest BCUT2D eigenvalue weighted by Crippen LogP contribution is 2.27. The molecule has 0 spiro atoms. The van der Waals surface area contributed by atoms with Crippen LogP contribution in [0.25, 0.3) is 11.0 Å². The number of aromatic nitrogens is 4. The van der Waals surface area contributed by atoms with E-state index < -0.39 is 0 Å². The first-order valence-corrected chi connectivity index (χ1v) is 8.23. The molecule has 0 aliphatic carbocycles. The van der Waals surface area contributed by atoms with Crippen molar-refractivity contribution >= 4 is 11.0 Å². The predicted octanol–water partition coefficient (Wildman–Crippen LogP) is 3.04. The average Bonchev–Trinajstić information content (AvgIpc) is 3.03. The number of piperidine rings is 1. The lowest BCUT2D eigenvalue weighted by Gasteiger charge is -2.32. The van der Waals surface area contributed by atoms with Crippen molar-refractivity contribution in [1.82, 2.24) is 25.1 Å². The molecule has 5 nitrogen and oxygen atoms in total. The minimum absolute atomic E-state index is 0.487. The summed E-state index contributed by atoms with van der Waals surface area (Å²) in [5, 5.41) is 8.11. The monoisotopic (exact) mass is 307 g/mol. The normalized spacial score (nSPS) is 19.3. The zero-order valence-corrected chi connectivity index (χ0v) is 13.4. The van der Waals surface area contributed by atoms with Gasteiger partial charge in [-0.3, -0.25) is 15.0 Å². The summed E-state index contributed by atoms with van der Waals surface area (Å²) >= 11 is 0. The van der Waals surface area contributed by atoms with E-state index in [9.17, 15) is 0 Å². The molecule has 23 heavy (non-hydrogen) atoms. The van der Waals surface area contributed by atoms with E-state index in [1.54, 1.807) is 0 Å². The number of fused-ring (bicyclic) bond motifs is 1. The van der Waals surface area contributed by atoms with Crippen molar-refractivity contribution < 1.29 is 0 Å². The van der Waals surface area contributed by atoms with Gasteiger partial charge in [-0.15, -0.1) is 0 Å². The largest absolute Gasteiger partial charge is 0.297 e. The molecule has 0 amide bonds. The van der Waals surface area contributed by atoms with Crippen LogP contribution in [-0.4, -0.2) is 38.2 Å². The average molecular weight is 307 g/mol. The quantitative estimate of drug-likeness (QED) is 0.808. The summed E-state index contributed by atoms with van der Waals surface area (Å²) in [5.74, 6) is 0.487. The lowest BCUT2D eigenvalue weighted by molar-refractivity contribution is 0.196. The number of likely N-dealkylation sites (tertiary alicyclic amines) is 1. The number of nitrogens with one attached hydrogen (secondary N) is 1. The zero-order valence-electron chi connectivity index (χ0n) is 13.4. The van der Waals surface area contributed by atoms with Crippen molar-refractivity contribution in [1.29, 1.82) is 0 Å². The molecule has 1 fully saturated rings. The van der Waals surface area contributed by atoms with Crippen molar-refractivity contribution in [3.63, 3.8) is 0 Å². The first-order chi connectivity index (χ1) is 11.3. The van der Waals surface area contributed by atoms with Gasteiger partial charge in [0.1, 0.15) is 0 Å². The standard InChI is InChI=1S/C18H21N5/c1-13-4-2-6-16(20-13)12-23-9-3-5-15(11-23)17-8-7-14-10-19-22-18(14)21-17/h2,4,6-8,10,15H,3,5,9,11-12H2,1H3,(H,19,21,22). The molecule has 5 heteroatoms. The van der Waals surface area contributed by atoms with Crippen molar-refractivity contribution in [3.05, 3.63) is 53.6 Å². The molecule has 0 bridgehead atoms. The fraction of sp³-hybridized carbons (Fsp3) is 0.389. The van der Waals surface area contributed by atoms with Gasteiger partial charge in [-0.1, -0.05) is 6.07 Å². The third-order valence-corrected chi connectivity index (χ3v) is 4.58. The molecule has 0 radical (unpaired) electrons. The van der Waals surface area contributed by atoms with E-state index >= 15 is 0 Å². The SMILES string of the molecule is Cc1cccc(CN2CCCC(c3ccc4cn[nH]c4n3)C2)n1. The van der Waals surface area contributed by atoms with Gasteiger partial charge in [-0.2, -0.15) is 5.10 Å². The van der Waals surface area contributed by atoms with Gasteiger partial charge < -0.3 is 0 Å². The van der Waals surface area contributed by atoms with E-state index in [0.29, 0.717) is 5.92 Å². The van der Waals surface area contributed by atoms with Crippen molar-refractivity contribution in [2.45, 2.75) is 32.2 Å². The molecule has 4 heterocycles. The number of nitrogens with zero attached hydrogens (tertiary/aromatic N) is 4. The van der Waals surface area contributed by atoms with Crippen molar-refractivity contribution in [3.8, 4) is 0 Å². The maximum absolute atomic E-state index is 4.75. The van der Waals surface area contributed by atoms with Crippen LogP contribution in [0.3, 0.4) is 0 Å². The molecule has 1 aliphatic rings. The number of pyridine rings is 2. The summed E-state index contributed by atoms with van der Waals surface area (Å²) in [4.78, 5) is 11.9. The summed E-state index contributed by atoms with van der Waals surface area (Å²) in [5.41, 5.74) is 4.30. The molecule has 1 N–H and O–H groups in total. The molecule has 1 saturated heterocycles.